The molecule has 0 radical (unpaired) electrons. The van der Waals surface area contributed by atoms with E-state index in [1.165, 1.54) is 0 Å². The van der Waals surface area contributed by atoms with Gasteiger partial charge in [-0.15, -0.1) is 12.4 Å². The lowest BCUT2D eigenvalue weighted by atomic mass is 10.1. The van der Waals surface area contributed by atoms with Crippen LogP contribution in [-0.2, 0) is 0 Å². The van der Waals surface area contributed by atoms with E-state index < -0.39 is 0 Å². The van der Waals surface area contributed by atoms with E-state index in [0.29, 0.717) is 17.3 Å². The van der Waals surface area contributed by atoms with Crippen LogP contribution in [0.15, 0.2) is 28.8 Å². The Morgan fingerprint density at radius 3 is 2.75 bits per heavy atom. The summed E-state index contributed by atoms with van der Waals surface area (Å²) in [7, 11) is 2.07. The molecule has 1 atom stereocenters. The summed E-state index contributed by atoms with van der Waals surface area (Å²) in [6.07, 6.45) is 1.89. The fraction of sp³-hybridized carbons (Fsp3) is 0.550. The lowest BCUT2D eigenvalue weighted by Gasteiger charge is -2.30. The van der Waals surface area contributed by atoms with Gasteiger partial charge in [-0.2, -0.15) is 4.98 Å². The van der Waals surface area contributed by atoms with Crippen molar-refractivity contribution in [3.63, 3.8) is 0 Å². The first-order valence-corrected chi connectivity index (χ1v) is 9.78. The van der Waals surface area contributed by atoms with E-state index in [2.05, 4.69) is 41.3 Å². The summed E-state index contributed by atoms with van der Waals surface area (Å²) in [5.74, 6) is 1.18. The molecule has 0 spiro atoms. The third-order valence-corrected chi connectivity index (χ3v) is 4.88. The second-order valence-electron chi connectivity index (χ2n) is 7.03. The third kappa shape index (κ3) is 5.10. The van der Waals surface area contributed by atoms with Gasteiger partial charge in [-0.05, 0) is 38.1 Å². The zero-order valence-electron chi connectivity index (χ0n) is 16.9. The van der Waals surface area contributed by atoms with Crippen LogP contribution in [-0.4, -0.2) is 65.6 Å². The van der Waals surface area contributed by atoms with E-state index in [0.717, 1.165) is 51.1 Å². The number of amides is 1. The second kappa shape index (κ2) is 10.5. The van der Waals surface area contributed by atoms with E-state index in [-0.39, 0.29) is 24.4 Å². The third-order valence-electron chi connectivity index (χ3n) is 4.88. The SMILES string of the molecule is CCCN(CCC)C(=O)c1cccc(-c2nc(C3CNCCN3C)no2)c1.Cl. The maximum atomic E-state index is 12.8. The monoisotopic (exact) mass is 407 g/mol. The summed E-state index contributed by atoms with van der Waals surface area (Å²) in [6, 6.07) is 7.57. The first kappa shape index (κ1) is 22.3. The normalized spacial score (nSPS) is 17.2. The first-order valence-electron chi connectivity index (χ1n) is 9.78. The molecular formula is C20H30ClN5O2. The van der Waals surface area contributed by atoms with E-state index in [1.807, 2.05) is 29.2 Å². The Morgan fingerprint density at radius 1 is 1.32 bits per heavy atom. The fourth-order valence-corrected chi connectivity index (χ4v) is 3.40. The highest BCUT2D eigenvalue weighted by atomic mass is 35.5. The number of likely N-dealkylation sites (N-methyl/N-ethyl adjacent to an activating group) is 1. The number of benzene rings is 1. The van der Waals surface area contributed by atoms with Gasteiger partial charge in [0.25, 0.3) is 11.8 Å². The highest BCUT2D eigenvalue weighted by Gasteiger charge is 2.25. The van der Waals surface area contributed by atoms with Crippen LogP contribution in [0.1, 0.15) is 48.9 Å². The Bertz CT molecular complexity index is 761. The van der Waals surface area contributed by atoms with Crippen LogP contribution in [0.4, 0.5) is 0 Å². The smallest absolute Gasteiger partial charge is 0.258 e. The van der Waals surface area contributed by atoms with E-state index in [9.17, 15) is 4.79 Å². The van der Waals surface area contributed by atoms with Crippen molar-refractivity contribution in [1.82, 2.24) is 25.3 Å². The van der Waals surface area contributed by atoms with Crippen LogP contribution in [0.3, 0.4) is 0 Å². The highest BCUT2D eigenvalue weighted by molar-refractivity contribution is 5.95. The van der Waals surface area contributed by atoms with Gasteiger partial charge in [0.05, 0.1) is 6.04 Å². The minimum atomic E-state index is 0. The van der Waals surface area contributed by atoms with Gasteiger partial charge in [-0.3, -0.25) is 9.69 Å². The quantitative estimate of drug-likeness (QED) is 0.760. The van der Waals surface area contributed by atoms with Crippen LogP contribution in [0, 0.1) is 0 Å². The van der Waals surface area contributed by atoms with Gasteiger partial charge in [0, 0.05) is 43.9 Å². The average Bonchev–Trinajstić information content (AvgIpc) is 3.18. The van der Waals surface area contributed by atoms with Crippen molar-refractivity contribution in [2.24, 2.45) is 0 Å². The minimum absolute atomic E-state index is 0. The summed E-state index contributed by atoms with van der Waals surface area (Å²) < 4.78 is 5.50. The maximum Gasteiger partial charge on any atom is 0.258 e. The maximum absolute atomic E-state index is 12.8. The standard InChI is InChI=1S/C20H29N5O2.ClH/c1-4-10-25(11-5-2)20(26)16-8-6-7-15(13-16)19-22-18(23-27-19)17-14-21-9-12-24(17)3;/h6-8,13,17,21H,4-5,9-12,14H2,1-3H3;1H. The molecule has 8 heteroatoms. The summed E-state index contributed by atoms with van der Waals surface area (Å²) >= 11 is 0. The van der Waals surface area contributed by atoms with Crippen LogP contribution in [0.2, 0.25) is 0 Å². The summed E-state index contributed by atoms with van der Waals surface area (Å²) in [5, 5.41) is 7.53. The Labute approximate surface area is 172 Å². The molecule has 7 nitrogen and oxygen atoms in total. The fourth-order valence-electron chi connectivity index (χ4n) is 3.40. The molecule has 1 aromatic heterocycles. The number of piperazine rings is 1. The molecule has 3 rings (SSSR count). The number of halogens is 1. The number of carbonyl (C=O) groups is 1. The molecule has 2 heterocycles. The lowest BCUT2D eigenvalue weighted by Crippen LogP contribution is -2.44. The number of hydrogen-bond donors (Lipinski definition) is 1. The summed E-state index contributed by atoms with van der Waals surface area (Å²) in [4.78, 5) is 21.6. The predicted molar refractivity (Wildman–Crippen MR) is 112 cm³/mol. The van der Waals surface area contributed by atoms with Crippen molar-refractivity contribution >= 4 is 18.3 Å². The molecule has 0 saturated carbocycles. The number of hydrogen-bond acceptors (Lipinski definition) is 6. The van der Waals surface area contributed by atoms with Crippen LogP contribution >= 0.6 is 12.4 Å². The number of aromatic nitrogens is 2. The van der Waals surface area contributed by atoms with Gasteiger partial charge in [0.2, 0.25) is 0 Å². The number of nitrogens with zero attached hydrogens (tertiary/aromatic N) is 4. The van der Waals surface area contributed by atoms with Crippen LogP contribution < -0.4 is 5.32 Å². The predicted octanol–water partition coefficient (Wildman–Crippen LogP) is 3.00. The molecule has 1 unspecified atom stereocenters. The molecule has 1 fully saturated rings. The topological polar surface area (TPSA) is 74.5 Å². The molecule has 0 aliphatic carbocycles. The highest BCUT2D eigenvalue weighted by Crippen LogP contribution is 2.24. The molecule has 1 saturated heterocycles. The van der Waals surface area contributed by atoms with E-state index >= 15 is 0 Å². The van der Waals surface area contributed by atoms with Crippen molar-refractivity contribution < 1.29 is 9.32 Å². The van der Waals surface area contributed by atoms with E-state index in [4.69, 9.17) is 4.52 Å². The van der Waals surface area contributed by atoms with Gasteiger partial charge in [-0.1, -0.05) is 25.1 Å². The lowest BCUT2D eigenvalue weighted by molar-refractivity contribution is 0.0755. The Hall–Kier alpha value is -1.96. The molecular weight excluding hydrogens is 378 g/mol. The minimum Gasteiger partial charge on any atom is -0.339 e. The van der Waals surface area contributed by atoms with Gasteiger partial charge in [-0.25, -0.2) is 0 Å². The molecule has 2 aromatic rings. The van der Waals surface area contributed by atoms with Crippen molar-refractivity contribution in [2.45, 2.75) is 32.7 Å². The first-order chi connectivity index (χ1) is 13.1. The molecule has 1 aromatic carbocycles. The Balaban J connectivity index is 0.00000280. The average molecular weight is 408 g/mol. The Morgan fingerprint density at radius 2 is 2.07 bits per heavy atom. The molecule has 1 aliphatic rings. The van der Waals surface area contributed by atoms with Crippen molar-refractivity contribution in [3.05, 3.63) is 35.7 Å². The number of rotatable bonds is 7. The summed E-state index contributed by atoms with van der Waals surface area (Å²) in [6.45, 7) is 8.42. The summed E-state index contributed by atoms with van der Waals surface area (Å²) in [5.41, 5.74) is 1.43. The van der Waals surface area contributed by atoms with Gasteiger partial charge in [0.15, 0.2) is 5.82 Å². The Kier molecular flexibility index (Phi) is 8.41. The number of nitrogens with one attached hydrogen (secondary N) is 1. The van der Waals surface area contributed by atoms with Crippen molar-refractivity contribution in [1.29, 1.82) is 0 Å². The van der Waals surface area contributed by atoms with Crippen molar-refractivity contribution in [2.75, 3.05) is 39.8 Å². The van der Waals surface area contributed by atoms with Crippen LogP contribution in [0.25, 0.3) is 11.5 Å². The van der Waals surface area contributed by atoms with Crippen molar-refractivity contribution in [3.8, 4) is 11.5 Å². The molecule has 1 N–H and O–H groups in total. The largest absolute Gasteiger partial charge is 0.339 e. The second-order valence-corrected chi connectivity index (χ2v) is 7.03. The van der Waals surface area contributed by atoms with Gasteiger partial charge < -0.3 is 14.7 Å². The molecule has 28 heavy (non-hydrogen) atoms. The molecule has 1 aliphatic heterocycles. The van der Waals surface area contributed by atoms with Gasteiger partial charge >= 0.3 is 0 Å². The zero-order chi connectivity index (χ0) is 19.2. The number of carbonyl (C=O) groups excluding carboxylic acids is 1. The molecule has 154 valence electrons. The molecule has 1 amide bonds. The van der Waals surface area contributed by atoms with Crippen LogP contribution in [0.5, 0.6) is 0 Å². The van der Waals surface area contributed by atoms with E-state index in [1.54, 1.807) is 0 Å². The zero-order valence-corrected chi connectivity index (χ0v) is 17.7. The van der Waals surface area contributed by atoms with Gasteiger partial charge in [0.1, 0.15) is 0 Å². The molecule has 0 bridgehead atoms.